The molecule has 0 aromatic carbocycles. The van der Waals surface area contributed by atoms with E-state index >= 15 is 0 Å². The molecule has 1 saturated heterocycles. The molecule has 2 N–H and O–H groups in total. The van der Waals surface area contributed by atoms with Crippen LogP contribution in [0.4, 0.5) is 10.6 Å². The van der Waals surface area contributed by atoms with Crippen LogP contribution in [0.3, 0.4) is 0 Å². The van der Waals surface area contributed by atoms with Gasteiger partial charge in [0.25, 0.3) is 5.91 Å². The zero-order chi connectivity index (χ0) is 27.4. The monoisotopic (exact) mass is 525 g/mol. The molecule has 1 aliphatic heterocycles. The van der Waals surface area contributed by atoms with Gasteiger partial charge in [0.15, 0.2) is 5.82 Å². The molecule has 1 aliphatic rings. The van der Waals surface area contributed by atoms with E-state index in [0.717, 1.165) is 0 Å². The van der Waals surface area contributed by atoms with Crippen molar-refractivity contribution in [3.8, 4) is 0 Å². The largest absolute Gasteiger partial charge is 0.467 e. The molecule has 0 spiro atoms. The lowest BCUT2D eigenvalue weighted by Crippen LogP contribution is -2.54. The highest BCUT2D eigenvalue weighted by Gasteiger charge is 2.38. The summed E-state index contributed by atoms with van der Waals surface area (Å²) in [6, 6.07) is 3.23. The standard InChI is InChI=1S/C26H35N7O5/c1-16(2)12-33(18-9-17(21-29-15-38-31-21)13-32(14-18)25(35)36)23(34)20-11-28-24(26(3,4)5)30-22(20)27-10-19-7-6-8-37-19/h6-8,11,15-18H,9-10,12-14H2,1-5H3,(H,35,36)(H,27,28,30)/t17-,18+/m1/s1. The Labute approximate surface area is 221 Å². The summed E-state index contributed by atoms with van der Waals surface area (Å²) in [5, 5.41) is 17.0. The van der Waals surface area contributed by atoms with Gasteiger partial charge in [-0.3, -0.25) is 4.79 Å². The SMILES string of the molecule is CC(C)CN(C(=O)c1cnc(C(C)(C)C)nc1NCc1ccco1)[C@H]1C[C@@H](c2ncon2)CN(C(=O)O)C1. The fourth-order valence-corrected chi connectivity index (χ4v) is 4.56. The molecular weight excluding hydrogens is 490 g/mol. The van der Waals surface area contributed by atoms with Crippen molar-refractivity contribution in [2.24, 2.45) is 5.92 Å². The molecule has 204 valence electrons. The summed E-state index contributed by atoms with van der Waals surface area (Å²) < 4.78 is 10.4. The number of nitrogens with one attached hydrogen (secondary N) is 1. The van der Waals surface area contributed by atoms with Gasteiger partial charge in [0.1, 0.15) is 23.0 Å². The topological polar surface area (TPSA) is 151 Å². The van der Waals surface area contributed by atoms with Gasteiger partial charge in [0.05, 0.1) is 18.8 Å². The van der Waals surface area contributed by atoms with Crippen LogP contribution in [0.25, 0.3) is 0 Å². The number of aromatic nitrogens is 4. The third kappa shape index (κ3) is 6.29. The number of carboxylic acid groups (broad SMARTS) is 1. The fourth-order valence-electron chi connectivity index (χ4n) is 4.56. The number of anilines is 1. The summed E-state index contributed by atoms with van der Waals surface area (Å²) in [4.78, 5) is 42.6. The van der Waals surface area contributed by atoms with Gasteiger partial charge in [-0.05, 0) is 24.5 Å². The third-order valence-corrected chi connectivity index (χ3v) is 6.41. The number of furan rings is 1. The van der Waals surface area contributed by atoms with Crippen LogP contribution in [0.2, 0.25) is 0 Å². The van der Waals surface area contributed by atoms with Gasteiger partial charge in [-0.1, -0.05) is 39.8 Å². The van der Waals surface area contributed by atoms with E-state index in [0.29, 0.717) is 48.3 Å². The average Bonchev–Trinajstić information content (AvgIpc) is 3.59. The van der Waals surface area contributed by atoms with Crippen LogP contribution in [0.1, 0.15) is 74.7 Å². The van der Waals surface area contributed by atoms with Crippen molar-refractivity contribution in [3.63, 3.8) is 0 Å². The number of hydrogen-bond donors (Lipinski definition) is 2. The van der Waals surface area contributed by atoms with E-state index in [9.17, 15) is 14.7 Å². The Morgan fingerprint density at radius 3 is 2.66 bits per heavy atom. The Morgan fingerprint density at radius 2 is 2.05 bits per heavy atom. The molecule has 1 fully saturated rings. The Morgan fingerprint density at radius 1 is 1.26 bits per heavy atom. The van der Waals surface area contributed by atoms with Crippen LogP contribution in [0.15, 0.2) is 39.9 Å². The fraction of sp³-hybridized carbons (Fsp3) is 0.538. The van der Waals surface area contributed by atoms with E-state index in [-0.39, 0.29) is 36.2 Å². The number of nitrogens with zero attached hydrogens (tertiary/aromatic N) is 6. The van der Waals surface area contributed by atoms with Crippen molar-refractivity contribution < 1.29 is 23.6 Å². The van der Waals surface area contributed by atoms with Crippen LogP contribution in [0, 0.1) is 5.92 Å². The summed E-state index contributed by atoms with van der Waals surface area (Å²) in [7, 11) is 0. The highest BCUT2D eigenvalue weighted by molar-refractivity contribution is 5.98. The van der Waals surface area contributed by atoms with Crippen molar-refractivity contribution in [2.75, 3.05) is 25.0 Å². The van der Waals surface area contributed by atoms with E-state index in [1.54, 1.807) is 23.4 Å². The normalized spacial score (nSPS) is 18.0. The second-order valence-corrected chi connectivity index (χ2v) is 11.1. The van der Waals surface area contributed by atoms with Gasteiger partial charge < -0.3 is 29.2 Å². The van der Waals surface area contributed by atoms with Gasteiger partial charge in [-0.2, -0.15) is 4.98 Å². The second-order valence-electron chi connectivity index (χ2n) is 11.1. The number of likely N-dealkylation sites (tertiary alicyclic amines) is 1. The zero-order valence-electron chi connectivity index (χ0n) is 22.4. The molecule has 0 saturated carbocycles. The molecule has 4 rings (SSSR count). The minimum absolute atomic E-state index is 0.136. The minimum Gasteiger partial charge on any atom is -0.467 e. The number of amides is 2. The maximum atomic E-state index is 14.2. The van der Waals surface area contributed by atoms with Crippen LogP contribution < -0.4 is 5.32 Å². The average molecular weight is 526 g/mol. The first-order valence-corrected chi connectivity index (χ1v) is 12.7. The molecule has 0 aliphatic carbocycles. The Bertz CT molecular complexity index is 1220. The number of hydrogen-bond acceptors (Lipinski definition) is 9. The number of piperidine rings is 1. The Hall–Kier alpha value is -3.96. The van der Waals surface area contributed by atoms with E-state index in [1.807, 2.05) is 40.7 Å². The minimum atomic E-state index is -1.06. The molecular formula is C26H35N7O5. The first-order valence-electron chi connectivity index (χ1n) is 12.7. The first kappa shape index (κ1) is 27.1. The molecule has 0 bridgehead atoms. The highest BCUT2D eigenvalue weighted by atomic mass is 16.5. The molecule has 38 heavy (non-hydrogen) atoms. The number of carbonyl (C=O) groups excluding carboxylic acids is 1. The van der Waals surface area contributed by atoms with Crippen molar-refractivity contribution in [1.82, 2.24) is 29.9 Å². The highest BCUT2D eigenvalue weighted by Crippen LogP contribution is 2.30. The third-order valence-electron chi connectivity index (χ3n) is 6.41. The van der Waals surface area contributed by atoms with Crippen LogP contribution >= 0.6 is 0 Å². The molecule has 2 atom stereocenters. The van der Waals surface area contributed by atoms with E-state index in [2.05, 4.69) is 20.4 Å². The lowest BCUT2D eigenvalue weighted by atomic mass is 9.91. The maximum Gasteiger partial charge on any atom is 0.407 e. The zero-order valence-corrected chi connectivity index (χ0v) is 22.4. The molecule has 0 unspecified atom stereocenters. The maximum absolute atomic E-state index is 14.2. The van der Waals surface area contributed by atoms with Crippen LogP contribution in [-0.2, 0) is 12.0 Å². The smallest absolute Gasteiger partial charge is 0.407 e. The lowest BCUT2D eigenvalue weighted by Gasteiger charge is -2.41. The molecule has 4 heterocycles. The Balaban J connectivity index is 1.69. The van der Waals surface area contributed by atoms with E-state index in [1.165, 1.54) is 11.3 Å². The van der Waals surface area contributed by atoms with Crippen molar-refractivity contribution >= 4 is 17.8 Å². The van der Waals surface area contributed by atoms with E-state index in [4.69, 9.17) is 13.9 Å². The number of carbonyl (C=O) groups is 2. The molecule has 2 amide bonds. The summed E-state index contributed by atoms with van der Waals surface area (Å²) in [6.07, 6.45) is 3.82. The van der Waals surface area contributed by atoms with Crippen molar-refractivity contribution in [1.29, 1.82) is 0 Å². The molecule has 3 aromatic heterocycles. The quantitative estimate of drug-likeness (QED) is 0.441. The molecule has 12 heteroatoms. The van der Waals surface area contributed by atoms with Crippen LogP contribution in [0.5, 0.6) is 0 Å². The van der Waals surface area contributed by atoms with Gasteiger partial charge in [0, 0.05) is 37.2 Å². The van der Waals surface area contributed by atoms with Gasteiger partial charge >= 0.3 is 6.09 Å². The predicted octanol–water partition coefficient (Wildman–Crippen LogP) is 4.00. The van der Waals surface area contributed by atoms with Crippen molar-refractivity contribution in [3.05, 3.63) is 54.0 Å². The first-order chi connectivity index (χ1) is 18.0. The summed E-state index contributed by atoms with van der Waals surface area (Å²) in [5.41, 5.74) is -0.0162. The molecule has 3 aromatic rings. The van der Waals surface area contributed by atoms with Crippen molar-refractivity contribution in [2.45, 2.75) is 65.0 Å². The number of rotatable bonds is 8. The van der Waals surface area contributed by atoms with Gasteiger partial charge in [-0.25, -0.2) is 14.8 Å². The lowest BCUT2D eigenvalue weighted by molar-refractivity contribution is 0.0466. The summed E-state index contributed by atoms with van der Waals surface area (Å²) in [5.74, 6) is 1.69. The van der Waals surface area contributed by atoms with Gasteiger partial charge in [-0.15, -0.1) is 0 Å². The summed E-state index contributed by atoms with van der Waals surface area (Å²) >= 11 is 0. The van der Waals surface area contributed by atoms with Gasteiger partial charge in [0.2, 0.25) is 6.39 Å². The summed E-state index contributed by atoms with van der Waals surface area (Å²) in [6.45, 7) is 11.2. The Kier molecular flexibility index (Phi) is 7.98. The second kappa shape index (κ2) is 11.2. The predicted molar refractivity (Wildman–Crippen MR) is 138 cm³/mol. The van der Waals surface area contributed by atoms with E-state index < -0.39 is 12.1 Å². The molecule has 0 radical (unpaired) electrons. The molecule has 12 nitrogen and oxygen atoms in total. The van der Waals surface area contributed by atoms with Crippen LogP contribution in [-0.4, -0.2) is 72.7 Å².